The van der Waals surface area contributed by atoms with Crippen LogP contribution < -0.4 is 10.1 Å². The van der Waals surface area contributed by atoms with Gasteiger partial charge < -0.3 is 10.1 Å². The minimum Gasteiger partial charge on any atom is -0.479 e. The molecule has 102 valence electrons. The minimum absolute atomic E-state index is 0.00267. The van der Waals surface area contributed by atoms with Gasteiger partial charge >= 0.3 is 0 Å². The standard InChI is InChI=1S/C15H12ClFN2O/c16-12-4-5-15(14(17)9-12)19-10-11-2-1-3-13(8-11)20-7-6-18/h1-5,8-9,19H,7,10H2. The number of hydrogen-bond donors (Lipinski definition) is 1. The molecule has 2 rings (SSSR count). The Morgan fingerprint density at radius 3 is 2.85 bits per heavy atom. The molecule has 0 amide bonds. The van der Waals surface area contributed by atoms with Crippen LogP contribution in [0.1, 0.15) is 5.56 Å². The van der Waals surface area contributed by atoms with E-state index in [1.807, 2.05) is 18.2 Å². The first kappa shape index (κ1) is 14.2. The number of halogens is 2. The van der Waals surface area contributed by atoms with E-state index in [0.29, 0.717) is 23.0 Å². The van der Waals surface area contributed by atoms with Gasteiger partial charge in [-0.3, -0.25) is 0 Å². The molecule has 2 aromatic carbocycles. The van der Waals surface area contributed by atoms with Gasteiger partial charge in [0, 0.05) is 11.6 Å². The highest BCUT2D eigenvalue weighted by molar-refractivity contribution is 6.30. The van der Waals surface area contributed by atoms with Crippen molar-refractivity contribution in [3.8, 4) is 11.8 Å². The minimum atomic E-state index is -0.394. The van der Waals surface area contributed by atoms with Crippen molar-refractivity contribution in [1.29, 1.82) is 5.26 Å². The van der Waals surface area contributed by atoms with Crippen molar-refractivity contribution in [3.63, 3.8) is 0 Å². The van der Waals surface area contributed by atoms with Gasteiger partial charge in [-0.05, 0) is 35.9 Å². The summed E-state index contributed by atoms with van der Waals surface area (Å²) < 4.78 is 18.8. The average Bonchev–Trinajstić information content (AvgIpc) is 2.45. The van der Waals surface area contributed by atoms with E-state index in [-0.39, 0.29) is 6.61 Å². The molecule has 0 atom stereocenters. The fourth-order valence-corrected chi connectivity index (χ4v) is 1.85. The summed E-state index contributed by atoms with van der Waals surface area (Å²) >= 11 is 5.69. The van der Waals surface area contributed by atoms with Crippen molar-refractivity contribution >= 4 is 17.3 Å². The second kappa shape index (κ2) is 6.78. The lowest BCUT2D eigenvalue weighted by atomic mass is 10.2. The summed E-state index contributed by atoms with van der Waals surface area (Å²) in [5.41, 5.74) is 1.31. The monoisotopic (exact) mass is 290 g/mol. The largest absolute Gasteiger partial charge is 0.479 e. The first-order valence-electron chi connectivity index (χ1n) is 5.96. The molecule has 3 nitrogen and oxygen atoms in total. The fourth-order valence-electron chi connectivity index (χ4n) is 1.69. The maximum atomic E-state index is 13.6. The van der Waals surface area contributed by atoms with Crippen LogP contribution >= 0.6 is 11.6 Å². The van der Waals surface area contributed by atoms with E-state index in [0.717, 1.165) is 5.56 Å². The first-order chi connectivity index (χ1) is 9.69. The molecule has 1 N–H and O–H groups in total. The molecule has 0 heterocycles. The van der Waals surface area contributed by atoms with Gasteiger partial charge in [0.25, 0.3) is 0 Å². The van der Waals surface area contributed by atoms with E-state index in [1.54, 1.807) is 24.3 Å². The zero-order chi connectivity index (χ0) is 14.4. The van der Waals surface area contributed by atoms with Crippen molar-refractivity contribution in [2.45, 2.75) is 6.54 Å². The molecule has 0 aliphatic rings. The number of nitrogens with one attached hydrogen (secondary N) is 1. The summed E-state index contributed by atoms with van der Waals surface area (Å²) in [7, 11) is 0. The summed E-state index contributed by atoms with van der Waals surface area (Å²) in [6.45, 7) is 0.449. The number of ether oxygens (including phenoxy) is 1. The second-order valence-electron chi connectivity index (χ2n) is 4.07. The maximum absolute atomic E-state index is 13.6. The number of nitrogens with zero attached hydrogens (tertiary/aromatic N) is 1. The lowest BCUT2D eigenvalue weighted by Crippen LogP contribution is -2.02. The van der Waals surface area contributed by atoms with E-state index in [1.165, 1.54) is 6.07 Å². The topological polar surface area (TPSA) is 45.0 Å². The number of rotatable bonds is 5. The summed E-state index contributed by atoms with van der Waals surface area (Å²) in [6, 6.07) is 13.7. The van der Waals surface area contributed by atoms with Gasteiger partial charge in [0.1, 0.15) is 17.6 Å². The van der Waals surface area contributed by atoms with Crippen LogP contribution in [0.25, 0.3) is 0 Å². The van der Waals surface area contributed by atoms with Gasteiger partial charge in [0.15, 0.2) is 6.61 Å². The SMILES string of the molecule is N#CCOc1cccc(CNc2ccc(Cl)cc2F)c1. The zero-order valence-corrected chi connectivity index (χ0v) is 11.3. The van der Waals surface area contributed by atoms with E-state index in [2.05, 4.69) is 5.32 Å². The van der Waals surface area contributed by atoms with Crippen molar-refractivity contribution in [1.82, 2.24) is 0 Å². The second-order valence-corrected chi connectivity index (χ2v) is 4.51. The molecular formula is C15H12ClFN2O. The lowest BCUT2D eigenvalue weighted by Gasteiger charge is -2.09. The third kappa shape index (κ3) is 3.87. The van der Waals surface area contributed by atoms with E-state index >= 15 is 0 Å². The van der Waals surface area contributed by atoms with Crippen LogP contribution in [0.15, 0.2) is 42.5 Å². The quantitative estimate of drug-likeness (QED) is 0.905. The van der Waals surface area contributed by atoms with Crippen molar-refractivity contribution in [3.05, 3.63) is 58.9 Å². The first-order valence-corrected chi connectivity index (χ1v) is 6.34. The van der Waals surface area contributed by atoms with Crippen molar-refractivity contribution in [2.75, 3.05) is 11.9 Å². The Morgan fingerprint density at radius 1 is 1.25 bits per heavy atom. The molecule has 20 heavy (non-hydrogen) atoms. The average molecular weight is 291 g/mol. The van der Waals surface area contributed by atoms with Gasteiger partial charge in [0.2, 0.25) is 0 Å². The Labute approximate surface area is 121 Å². The Bertz CT molecular complexity index is 640. The number of benzene rings is 2. The molecule has 0 bridgehead atoms. The molecule has 0 fully saturated rings. The summed E-state index contributed by atoms with van der Waals surface area (Å²) in [6.07, 6.45) is 0. The Hall–Kier alpha value is -2.25. The van der Waals surface area contributed by atoms with Gasteiger partial charge in [-0.25, -0.2) is 4.39 Å². The number of anilines is 1. The smallest absolute Gasteiger partial charge is 0.174 e. The molecule has 0 unspecified atom stereocenters. The zero-order valence-electron chi connectivity index (χ0n) is 10.6. The van der Waals surface area contributed by atoms with Crippen LogP contribution in [0.2, 0.25) is 5.02 Å². The predicted molar refractivity (Wildman–Crippen MR) is 76.3 cm³/mol. The van der Waals surface area contributed by atoms with Crippen molar-refractivity contribution < 1.29 is 9.13 Å². The van der Waals surface area contributed by atoms with E-state index in [4.69, 9.17) is 21.6 Å². The molecule has 0 aliphatic heterocycles. The normalized spacial score (nSPS) is 9.85. The van der Waals surface area contributed by atoms with Gasteiger partial charge in [-0.15, -0.1) is 0 Å². The highest BCUT2D eigenvalue weighted by Crippen LogP contribution is 2.20. The summed E-state index contributed by atoms with van der Waals surface area (Å²) in [5.74, 6) is 0.219. The predicted octanol–water partition coefficient (Wildman–Crippen LogP) is 3.99. The Morgan fingerprint density at radius 2 is 2.10 bits per heavy atom. The third-order valence-electron chi connectivity index (χ3n) is 2.62. The maximum Gasteiger partial charge on any atom is 0.174 e. The molecule has 2 aromatic rings. The third-order valence-corrected chi connectivity index (χ3v) is 2.85. The van der Waals surface area contributed by atoms with Crippen molar-refractivity contribution in [2.24, 2.45) is 0 Å². The number of hydrogen-bond acceptors (Lipinski definition) is 3. The van der Waals surface area contributed by atoms with E-state index in [9.17, 15) is 4.39 Å². The molecule has 0 aromatic heterocycles. The molecule has 0 aliphatic carbocycles. The van der Waals surface area contributed by atoms with Crippen LogP contribution in [-0.4, -0.2) is 6.61 Å². The molecule has 0 saturated carbocycles. The van der Waals surface area contributed by atoms with Crippen LogP contribution in [0.4, 0.5) is 10.1 Å². The van der Waals surface area contributed by atoms with Crippen LogP contribution in [-0.2, 0) is 6.54 Å². The Balaban J connectivity index is 2.01. The van der Waals surface area contributed by atoms with Gasteiger partial charge in [0.05, 0.1) is 5.69 Å². The van der Waals surface area contributed by atoms with Crippen LogP contribution in [0, 0.1) is 17.1 Å². The Kier molecular flexibility index (Phi) is 4.80. The van der Waals surface area contributed by atoms with Crippen LogP contribution in [0.3, 0.4) is 0 Å². The highest BCUT2D eigenvalue weighted by atomic mass is 35.5. The van der Waals surface area contributed by atoms with Crippen LogP contribution in [0.5, 0.6) is 5.75 Å². The molecule has 5 heteroatoms. The summed E-state index contributed by atoms with van der Waals surface area (Å²) in [5, 5.41) is 11.8. The summed E-state index contributed by atoms with van der Waals surface area (Å²) in [4.78, 5) is 0. The fraction of sp³-hybridized carbons (Fsp3) is 0.133. The number of nitriles is 1. The highest BCUT2D eigenvalue weighted by Gasteiger charge is 2.03. The molecule has 0 radical (unpaired) electrons. The van der Waals surface area contributed by atoms with Gasteiger partial charge in [-0.2, -0.15) is 5.26 Å². The lowest BCUT2D eigenvalue weighted by molar-refractivity contribution is 0.368. The van der Waals surface area contributed by atoms with E-state index < -0.39 is 5.82 Å². The molecular weight excluding hydrogens is 279 g/mol. The van der Waals surface area contributed by atoms with Gasteiger partial charge in [-0.1, -0.05) is 23.7 Å². The molecule has 0 saturated heterocycles. The molecule has 0 spiro atoms.